The third kappa shape index (κ3) is 2.38. The fraction of sp³-hybridized carbons (Fsp3) is 0.250. The van der Waals surface area contributed by atoms with E-state index in [1.165, 1.54) is 6.07 Å². The first-order valence-electron chi connectivity index (χ1n) is 9.09. The van der Waals surface area contributed by atoms with Crippen LogP contribution in [0.15, 0.2) is 46.0 Å². The smallest absolute Gasteiger partial charge is 0.275 e. The Morgan fingerprint density at radius 3 is 2.67 bits per heavy atom. The number of H-pyrrole nitrogens is 2. The summed E-state index contributed by atoms with van der Waals surface area (Å²) in [5.41, 5.74) is 1.67. The second-order valence-electron chi connectivity index (χ2n) is 7.04. The van der Waals surface area contributed by atoms with E-state index in [1.54, 1.807) is 35.0 Å². The zero-order valence-electron chi connectivity index (χ0n) is 14.5. The molecule has 0 amide bonds. The van der Waals surface area contributed by atoms with Crippen molar-refractivity contribution in [3.63, 3.8) is 0 Å². The van der Waals surface area contributed by atoms with Crippen LogP contribution < -0.4 is 11.1 Å². The number of phenols is 1. The lowest BCUT2D eigenvalue weighted by molar-refractivity contribution is 0.458. The topological polar surface area (TPSA) is 104 Å². The number of aromatic amines is 2. The van der Waals surface area contributed by atoms with Crippen molar-refractivity contribution in [3.05, 3.63) is 57.1 Å². The molecule has 136 valence electrons. The minimum atomic E-state index is -0.366. The Hall–Kier alpha value is -3.35. The fourth-order valence-electron chi connectivity index (χ4n) is 4.05. The fourth-order valence-corrected chi connectivity index (χ4v) is 4.05. The van der Waals surface area contributed by atoms with Crippen LogP contribution in [-0.4, -0.2) is 24.9 Å². The van der Waals surface area contributed by atoms with Crippen LogP contribution in [0.4, 0.5) is 0 Å². The Morgan fingerprint density at radius 1 is 1.07 bits per heavy atom. The Balaban J connectivity index is 1.78. The number of nitrogens with one attached hydrogen (secondary N) is 2. The Morgan fingerprint density at radius 2 is 1.85 bits per heavy atom. The molecule has 0 atom stereocenters. The number of benzene rings is 2. The predicted molar refractivity (Wildman–Crippen MR) is 103 cm³/mol. The summed E-state index contributed by atoms with van der Waals surface area (Å²) in [6, 6.07) is 10.3. The van der Waals surface area contributed by atoms with Gasteiger partial charge in [-0.3, -0.25) is 14.7 Å². The van der Waals surface area contributed by atoms with Gasteiger partial charge in [0.05, 0.1) is 22.5 Å². The van der Waals surface area contributed by atoms with Crippen molar-refractivity contribution >= 4 is 21.9 Å². The highest BCUT2D eigenvalue weighted by molar-refractivity contribution is 5.93. The van der Waals surface area contributed by atoms with E-state index in [0.29, 0.717) is 27.5 Å². The lowest BCUT2D eigenvalue weighted by Gasteiger charge is -2.09. The van der Waals surface area contributed by atoms with Crippen molar-refractivity contribution in [2.45, 2.75) is 31.7 Å². The van der Waals surface area contributed by atoms with Gasteiger partial charge in [0.15, 0.2) is 0 Å². The van der Waals surface area contributed by atoms with E-state index in [0.717, 1.165) is 25.7 Å². The molecule has 2 heterocycles. The second-order valence-corrected chi connectivity index (χ2v) is 7.04. The van der Waals surface area contributed by atoms with Crippen LogP contribution in [0.3, 0.4) is 0 Å². The number of hydrogen-bond acceptors (Lipinski definition) is 4. The monoisotopic (exact) mass is 362 g/mol. The molecule has 1 fully saturated rings. The first-order valence-corrected chi connectivity index (χ1v) is 9.09. The van der Waals surface area contributed by atoms with Gasteiger partial charge in [-0.15, -0.1) is 0 Å². The SMILES string of the molecule is O=c1[nH]c2cccc(O)c2nc1-c1cccc2c(=O)n(C3CCCC3)[nH]c12. The van der Waals surface area contributed by atoms with E-state index in [4.69, 9.17) is 0 Å². The minimum absolute atomic E-state index is 0.00538. The quantitative estimate of drug-likeness (QED) is 0.510. The van der Waals surface area contributed by atoms with Crippen molar-refractivity contribution in [3.8, 4) is 17.0 Å². The van der Waals surface area contributed by atoms with Gasteiger partial charge in [-0.05, 0) is 31.0 Å². The van der Waals surface area contributed by atoms with Gasteiger partial charge in [0.2, 0.25) is 0 Å². The summed E-state index contributed by atoms with van der Waals surface area (Å²) in [4.78, 5) is 32.6. The molecule has 0 aliphatic heterocycles. The summed E-state index contributed by atoms with van der Waals surface area (Å²) in [6.45, 7) is 0. The summed E-state index contributed by atoms with van der Waals surface area (Å²) in [5, 5.41) is 13.8. The number of para-hydroxylation sites is 2. The average molecular weight is 362 g/mol. The summed E-state index contributed by atoms with van der Waals surface area (Å²) in [7, 11) is 0. The van der Waals surface area contributed by atoms with Crippen molar-refractivity contribution in [1.29, 1.82) is 0 Å². The number of hydrogen-bond donors (Lipinski definition) is 3. The van der Waals surface area contributed by atoms with Gasteiger partial charge in [0, 0.05) is 5.56 Å². The number of phenolic OH excluding ortho intramolecular Hbond substituents is 1. The van der Waals surface area contributed by atoms with Crippen molar-refractivity contribution < 1.29 is 5.11 Å². The van der Waals surface area contributed by atoms with Crippen LogP contribution in [0.25, 0.3) is 33.2 Å². The van der Waals surface area contributed by atoms with Gasteiger partial charge in [0.25, 0.3) is 11.1 Å². The molecular formula is C20H18N4O3. The van der Waals surface area contributed by atoms with Crippen LogP contribution in [0.1, 0.15) is 31.7 Å². The maximum absolute atomic E-state index is 12.8. The summed E-state index contributed by atoms with van der Waals surface area (Å²) >= 11 is 0. The second kappa shape index (κ2) is 5.84. The van der Waals surface area contributed by atoms with Crippen molar-refractivity contribution in [2.24, 2.45) is 0 Å². The van der Waals surface area contributed by atoms with Gasteiger partial charge in [-0.25, -0.2) is 9.67 Å². The minimum Gasteiger partial charge on any atom is -0.506 e. The predicted octanol–water partition coefficient (Wildman–Crippen LogP) is 3.05. The molecule has 3 N–H and O–H groups in total. The zero-order chi connectivity index (χ0) is 18.5. The molecule has 0 bridgehead atoms. The van der Waals surface area contributed by atoms with Gasteiger partial charge >= 0.3 is 0 Å². The van der Waals surface area contributed by atoms with Gasteiger partial charge < -0.3 is 10.1 Å². The van der Waals surface area contributed by atoms with Crippen LogP contribution >= 0.6 is 0 Å². The van der Waals surface area contributed by atoms with E-state index in [9.17, 15) is 14.7 Å². The first-order chi connectivity index (χ1) is 13.1. The Bertz CT molecular complexity index is 1290. The molecule has 0 spiro atoms. The highest BCUT2D eigenvalue weighted by Crippen LogP contribution is 2.30. The van der Waals surface area contributed by atoms with Gasteiger partial charge in [0.1, 0.15) is 17.0 Å². The molecule has 27 heavy (non-hydrogen) atoms. The molecule has 2 aromatic carbocycles. The Labute approximate surface area is 153 Å². The first kappa shape index (κ1) is 15.9. The van der Waals surface area contributed by atoms with E-state index < -0.39 is 0 Å². The molecular weight excluding hydrogens is 344 g/mol. The summed E-state index contributed by atoms with van der Waals surface area (Å²) in [5.74, 6) is -0.00538. The molecule has 1 aliphatic carbocycles. The molecule has 0 radical (unpaired) electrons. The van der Waals surface area contributed by atoms with Crippen LogP contribution in [-0.2, 0) is 0 Å². The summed E-state index contributed by atoms with van der Waals surface area (Å²) in [6.07, 6.45) is 4.19. The van der Waals surface area contributed by atoms with E-state index in [1.807, 2.05) is 0 Å². The molecule has 2 aromatic heterocycles. The van der Waals surface area contributed by atoms with E-state index >= 15 is 0 Å². The molecule has 1 saturated carbocycles. The average Bonchev–Trinajstić information content (AvgIpc) is 3.30. The highest BCUT2D eigenvalue weighted by atomic mass is 16.3. The third-order valence-electron chi connectivity index (χ3n) is 5.39. The van der Waals surface area contributed by atoms with Crippen LogP contribution in [0, 0.1) is 0 Å². The maximum Gasteiger partial charge on any atom is 0.275 e. The Kier molecular flexibility index (Phi) is 3.43. The maximum atomic E-state index is 12.8. The lowest BCUT2D eigenvalue weighted by Crippen LogP contribution is -2.20. The number of nitrogens with zero attached hydrogens (tertiary/aromatic N) is 2. The van der Waals surface area contributed by atoms with Gasteiger partial charge in [-0.2, -0.15) is 0 Å². The standard InChI is InChI=1S/C20H18N4O3/c25-15-10-4-9-14-18(15)22-17(19(26)21-14)12-7-3-8-13-16(12)23-24(20(13)27)11-5-1-2-6-11/h3-4,7-11,23,25H,1-2,5-6H2,(H,21,26). The normalized spacial score (nSPS) is 15.1. The zero-order valence-corrected chi connectivity index (χ0v) is 14.5. The summed E-state index contributed by atoms with van der Waals surface area (Å²) < 4.78 is 1.69. The van der Waals surface area contributed by atoms with Crippen LogP contribution in [0.2, 0.25) is 0 Å². The number of aromatic hydroxyl groups is 1. The molecule has 4 aromatic rings. The lowest BCUT2D eigenvalue weighted by atomic mass is 10.1. The largest absolute Gasteiger partial charge is 0.506 e. The van der Waals surface area contributed by atoms with E-state index in [2.05, 4.69) is 15.1 Å². The molecule has 0 saturated heterocycles. The molecule has 7 nitrogen and oxygen atoms in total. The third-order valence-corrected chi connectivity index (χ3v) is 5.39. The number of rotatable bonds is 2. The number of fused-ring (bicyclic) bond motifs is 2. The van der Waals surface area contributed by atoms with Gasteiger partial charge in [-0.1, -0.05) is 31.0 Å². The van der Waals surface area contributed by atoms with Crippen molar-refractivity contribution in [1.82, 2.24) is 19.7 Å². The molecule has 1 aliphatic rings. The van der Waals surface area contributed by atoms with E-state index in [-0.39, 0.29) is 28.6 Å². The highest BCUT2D eigenvalue weighted by Gasteiger charge is 2.22. The van der Waals surface area contributed by atoms with Crippen molar-refractivity contribution in [2.75, 3.05) is 0 Å². The molecule has 7 heteroatoms. The molecule has 5 rings (SSSR count). The molecule has 0 unspecified atom stereocenters. The van der Waals surface area contributed by atoms with Crippen LogP contribution in [0.5, 0.6) is 5.75 Å². The number of aromatic nitrogens is 4.